The molecular weight excluding hydrogens is 488 g/mol. The smallest absolute Gasteiger partial charge is 0.257 e. The Kier molecular flexibility index (Phi) is 9.67. The SMILES string of the molecule is Cc1ccc(-c2ccc(CCN3CCN(C)CC3)cc2)cc1N(CC(C)C)C(=S)NC(=O)c1ccccc1. The number of nitrogens with zero attached hydrogens (tertiary/aromatic N) is 3. The predicted octanol–water partition coefficient (Wildman–Crippen LogP) is 5.63. The van der Waals surface area contributed by atoms with Gasteiger partial charge in [-0.25, -0.2) is 0 Å². The normalized spacial score (nSPS) is 14.4. The highest BCUT2D eigenvalue weighted by molar-refractivity contribution is 7.80. The molecule has 1 saturated heterocycles. The summed E-state index contributed by atoms with van der Waals surface area (Å²) >= 11 is 5.77. The minimum Gasteiger partial charge on any atom is -0.318 e. The van der Waals surface area contributed by atoms with E-state index in [0.717, 1.165) is 56.0 Å². The van der Waals surface area contributed by atoms with Crippen molar-refractivity contribution in [3.05, 3.63) is 89.5 Å². The number of benzene rings is 3. The average Bonchev–Trinajstić information content (AvgIpc) is 2.92. The van der Waals surface area contributed by atoms with Gasteiger partial charge in [-0.2, -0.15) is 0 Å². The molecule has 1 aliphatic rings. The van der Waals surface area contributed by atoms with E-state index in [0.29, 0.717) is 23.1 Å². The third-order valence-electron chi connectivity index (χ3n) is 7.15. The van der Waals surface area contributed by atoms with Crippen molar-refractivity contribution in [2.24, 2.45) is 5.92 Å². The second-order valence-corrected chi connectivity index (χ2v) is 11.1. The largest absolute Gasteiger partial charge is 0.318 e. The van der Waals surface area contributed by atoms with Crippen molar-refractivity contribution in [3.63, 3.8) is 0 Å². The summed E-state index contributed by atoms with van der Waals surface area (Å²) in [4.78, 5) is 19.8. The zero-order valence-electron chi connectivity index (χ0n) is 23.1. The minimum absolute atomic E-state index is 0.190. The van der Waals surface area contributed by atoms with Crippen LogP contribution in [-0.4, -0.2) is 67.1 Å². The van der Waals surface area contributed by atoms with Gasteiger partial charge in [0.2, 0.25) is 0 Å². The van der Waals surface area contributed by atoms with Gasteiger partial charge in [-0.15, -0.1) is 0 Å². The lowest BCUT2D eigenvalue weighted by molar-refractivity contribution is 0.0977. The fourth-order valence-corrected chi connectivity index (χ4v) is 5.05. The number of carbonyl (C=O) groups excluding carboxylic acids is 1. The van der Waals surface area contributed by atoms with E-state index >= 15 is 0 Å². The van der Waals surface area contributed by atoms with E-state index in [4.69, 9.17) is 12.2 Å². The molecule has 3 aromatic rings. The monoisotopic (exact) mass is 528 g/mol. The summed E-state index contributed by atoms with van der Waals surface area (Å²) in [5, 5.41) is 3.37. The topological polar surface area (TPSA) is 38.8 Å². The minimum atomic E-state index is -0.190. The number of amides is 1. The van der Waals surface area contributed by atoms with Crippen LogP contribution >= 0.6 is 12.2 Å². The molecule has 1 amide bonds. The fraction of sp³-hybridized carbons (Fsp3) is 0.375. The number of likely N-dealkylation sites (N-methyl/N-ethyl adjacent to an activating group) is 1. The maximum atomic E-state index is 12.8. The lowest BCUT2D eigenvalue weighted by atomic mass is 10.00. The summed E-state index contributed by atoms with van der Waals surface area (Å²) in [6.45, 7) is 12.9. The Hall–Kier alpha value is -3.06. The number of rotatable bonds is 8. The number of hydrogen-bond donors (Lipinski definition) is 1. The molecule has 5 nitrogen and oxygen atoms in total. The Bertz CT molecular complexity index is 1220. The van der Waals surface area contributed by atoms with Crippen LogP contribution in [0.25, 0.3) is 11.1 Å². The molecule has 0 atom stereocenters. The Morgan fingerprint density at radius 1 is 0.947 bits per heavy atom. The third kappa shape index (κ3) is 7.50. The van der Waals surface area contributed by atoms with Crippen molar-refractivity contribution in [2.45, 2.75) is 27.2 Å². The zero-order valence-corrected chi connectivity index (χ0v) is 23.9. The van der Waals surface area contributed by atoms with Gasteiger partial charge in [0, 0.05) is 50.5 Å². The van der Waals surface area contributed by atoms with Gasteiger partial charge in [0.05, 0.1) is 0 Å². The first-order valence-corrected chi connectivity index (χ1v) is 14.0. The Morgan fingerprint density at radius 3 is 2.26 bits per heavy atom. The van der Waals surface area contributed by atoms with Crippen LogP contribution in [-0.2, 0) is 6.42 Å². The average molecular weight is 529 g/mol. The highest BCUT2D eigenvalue weighted by Gasteiger charge is 2.19. The van der Waals surface area contributed by atoms with Gasteiger partial charge < -0.3 is 14.7 Å². The molecule has 0 unspecified atom stereocenters. The highest BCUT2D eigenvalue weighted by Crippen LogP contribution is 2.29. The molecule has 0 radical (unpaired) electrons. The van der Waals surface area contributed by atoms with Crippen molar-refractivity contribution in [3.8, 4) is 11.1 Å². The molecule has 0 aliphatic carbocycles. The maximum Gasteiger partial charge on any atom is 0.257 e. The van der Waals surface area contributed by atoms with Gasteiger partial charge in [-0.3, -0.25) is 10.1 Å². The molecule has 6 heteroatoms. The van der Waals surface area contributed by atoms with E-state index in [1.165, 1.54) is 11.1 Å². The molecule has 0 saturated carbocycles. The summed E-state index contributed by atoms with van der Waals surface area (Å²) in [6, 6.07) is 24.6. The van der Waals surface area contributed by atoms with E-state index in [-0.39, 0.29) is 5.91 Å². The van der Waals surface area contributed by atoms with Gasteiger partial charge >= 0.3 is 0 Å². The van der Waals surface area contributed by atoms with Crippen LogP contribution in [0.15, 0.2) is 72.8 Å². The molecule has 0 aromatic heterocycles. The number of thiocarbonyl (C=S) groups is 1. The fourth-order valence-electron chi connectivity index (χ4n) is 4.78. The summed E-state index contributed by atoms with van der Waals surface area (Å²) < 4.78 is 0. The van der Waals surface area contributed by atoms with Crippen molar-refractivity contribution < 1.29 is 4.79 Å². The van der Waals surface area contributed by atoms with Gasteiger partial charge in [0.25, 0.3) is 5.91 Å². The van der Waals surface area contributed by atoms with Gasteiger partial charge in [-0.1, -0.05) is 68.4 Å². The molecular formula is C32H40N4OS. The van der Waals surface area contributed by atoms with E-state index in [1.807, 2.05) is 18.2 Å². The van der Waals surface area contributed by atoms with E-state index in [1.54, 1.807) is 12.1 Å². The first-order chi connectivity index (χ1) is 18.3. The van der Waals surface area contributed by atoms with Crippen LogP contribution < -0.4 is 10.2 Å². The lowest BCUT2D eigenvalue weighted by Crippen LogP contribution is -2.45. The van der Waals surface area contributed by atoms with Crippen LogP contribution in [0.4, 0.5) is 5.69 Å². The molecule has 1 fully saturated rings. The van der Waals surface area contributed by atoms with Crippen LogP contribution in [0, 0.1) is 12.8 Å². The number of aryl methyl sites for hydroxylation is 1. The molecule has 3 aromatic carbocycles. The first-order valence-electron chi connectivity index (χ1n) is 13.6. The van der Waals surface area contributed by atoms with Crippen LogP contribution in [0.5, 0.6) is 0 Å². The van der Waals surface area contributed by atoms with Crippen molar-refractivity contribution in [1.82, 2.24) is 15.1 Å². The lowest BCUT2D eigenvalue weighted by Gasteiger charge is -2.32. The molecule has 200 valence electrons. The number of hydrogen-bond acceptors (Lipinski definition) is 4. The predicted molar refractivity (Wildman–Crippen MR) is 163 cm³/mol. The third-order valence-corrected chi connectivity index (χ3v) is 7.47. The van der Waals surface area contributed by atoms with Crippen molar-refractivity contribution in [2.75, 3.05) is 51.2 Å². The van der Waals surface area contributed by atoms with Gasteiger partial charge in [0.15, 0.2) is 5.11 Å². The van der Waals surface area contributed by atoms with Crippen molar-refractivity contribution in [1.29, 1.82) is 0 Å². The summed E-state index contributed by atoms with van der Waals surface area (Å²) in [6.07, 6.45) is 1.07. The molecule has 1 N–H and O–H groups in total. The van der Waals surface area contributed by atoms with Crippen LogP contribution in [0.1, 0.15) is 35.3 Å². The number of anilines is 1. The first kappa shape index (κ1) is 28.0. The van der Waals surface area contributed by atoms with Gasteiger partial charge in [-0.05, 0) is 79.0 Å². The maximum absolute atomic E-state index is 12.8. The zero-order chi connectivity index (χ0) is 27.1. The Labute approximate surface area is 233 Å². The number of nitrogens with one attached hydrogen (secondary N) is 1. The summed E-state index contributed by atoms with van der Waals surface area (Å²) in [7, 11) is 2.20. The molecule has 1 heterocycles. The Morgan fingerprint density at radius 2 is 1.61 bits per heavy atom. The van der Waals surface area contributed by atoms with E-state index < -0.39 is 0 Å². The summed E-state index contributed by atoms with van der Waals surface area (Å²) in [5.74, 6) is 0.176. The molecule has 4 rings (SSSR count). The number of piperazine rings is 1. The molecule has 1 aliphatic heterocycles. The second-order valence-electron chi connectivity index (χ2n) is 10.7. The Balaban J connectivity index is 1.48. The quantitative estimate of drug-likeness (QED) is 0.384. The second kappa shape index (κ2) is 13.1. The van der Waals surface area contributed by atoms with Crippen molar-refractivity contribution >= 4 is 28.9 Å². The van der Waals surface area contributed by atoms with Crippen LogP contribution in [0.2, 0.25) is 0 Å². The summed E-state index contributed by atoms with van der Waals surface area (Å²) in [5.41, 5.74) is 6.42. The van der Waals surface area contributed by atoms with Crippen LogP contribution in [0.3, 0.4) is 0 Å². The number of carbonyl (C=O) groups is 1. The van der Waals surface area contributed by atoms with E-state index in [2.05, 4.69) is 90.3 Å². The highest BCUT2D eigenvalue weighted by atomic mass is 32.1. The van der Waals surface area contributed by atoms with Gasteiger partial charge in [0.1, 0.15) is 0 Å². The van der Waals surface area contributed by atoms with E-state index in [9.17, 15) is 4.79 Å². The molecule has 0 bridgehead atoms. The standard InChI is InChI=1S/C32H40N4OS/c1-24(2)23-36(32(38)33-31(37)28-8-6-5-7-9-28)30-22-29(13-10-25(30)3)27-14-11-26(12-15-27)16-17-35-20-18-34(4)19-21-35/h5-15,22,24H,16-21,23H2,1-4H3,(H,33,37,38). The molecule has 38 heavy (non-hydrogen) atoms. The molecule has 0 spiro atoms.